The Labute approximate surface area is 266 Å². The van der Waals surface area contributed by atoms with E-state index >= 15 is 13.2 Å². The fourth-order valence-electron chi connectivity index (χ4n) is 6.97. The van der Waals surface area contributed by atoms with Gasteiger partial charge in [0.15, 0.2) is 0 Å². The summed E-state index contributed by atoms with van der Waals surface area (Å²) in [5.41, 5.74) is -0.121. The number of aromatic nitrogens is 2. The third-order valence-corrected chi connectivity index (χ3v) is 11.2. The normalized spacial score (nSPS) is 27.1. The number of hydrogen-bond acceptors (Lipinski definition) is 8. The highest BCUT2D eigenvalue weighted by Crippen LogP contribution is 2.41. The Kier molecular flexibility index (Phi) is 8.91. The third-order valence-electron chi connectivity index (χ3n) is 9.47. The third kappa shape index (κ3) is 6.66. The van der Waals surface area contributed by atoms with Crippen LogP contribution in [0.25, 0.3) is 0 Å². The van der Waals surface area contributed by atoms with Gasteiger partial charge in [-0.15, -0.1) is 0 Å². The molecule has 0 aliphatic carbocycles. The molecule has 46 heavy (non-hydrogen) atoms. The van der Waals surface area contributed by atoms with Gasteiger partial charge in [-0.3, -0.25) is 9.69 Å². The van der Waals surface area contributed by atoms with Crippen LogP contribution in [0.4, 0.5) is 29.6 Å². The molecule has 0 unspecified atom stereocenters. The van der Waals surface area contributed by atoms with Crippen LogP contribution >= 0.6 is 0 Å². The van der Waals surface area contributed by atoms with Crippen LogP contribution in [0.2, 0.25) is 0 Å². The largest absolute Gasteiger partial charge is 0.363 e. The van der Waals surface area contributed by atoms with Gasteiger partial charge in [-0.2, -0.15) is 0 Å². The fraction of sp³-hybridized carbons (Fsp3) is 0.613. The van der Waals surface area contributed by atoms with Crippen LogP contribution in [0.1, 0.15) is 67.6 Å². The number of nitrogens with one attached hydrogen (secondary N) is 2. The molecule has 8 bridgehead atoms. The van der Waals surface area contributed by atoms with Crippen molar-refractivity contribution in [3.63, 3.8) is 0 Å². The maximum Gasteiger partial charge on any atom is 0.326 e. The first kappa shape index (κ1) is 32.5. The molecule has 2 saturated heterocycles. The fourth-order valence-corrected chi connectivity index (χ4v) is 8.43. The molecule has 7 rings (SSSR count). The molecule has 5 aliphatic heterocycles. The minimum absolute atomic E-state index is 0.0326. The maximum absolute atomic E-state index is 15.9. The minimum Gasteiger partial charge on any atom is -0.363 e. The Morgan fingerprint density at radius 3 is 2.52 bits per heavy atom. The van der Waals surface area contributed by atoms with Crippen LogP contribution in [0.5, 0.6) is 0 Å². The second-order valence-corrected chi connectivity index (χ2v) is 15.3. The summed E-state index contributed by atoms with van der Waals surface area (Å²) in [7, 11) is -3.20. The highest BCUT2D eigenvalue weighted by molar-refractivity contribution is 7.91. The molecule has 2 N–H and O–H groups in total. The van der Waals surface area contributed by atoms with E-state index in [9.17, 15) is 18.0 Å². The highest BCUT2D eigenvalue weighted by Gasteiger charge is 2.43. The van der Waals surface area contributed by atoms with Gasteiger partial charge in [0, 0.05) is 37.7 Å². The summed E-state index contributed by atoms with van der Waals surface area (Å²) in [6.07, 6.45) is 1.48. The zero-order valence-electron chi connectivity index (χ0n) is 26.1. The summed E-state index contributed by atoms with van der Waals surface area (Å²) in [6.45, 7) is 5.11. The van der Waals surface area contributed by atoms with Gasteiger partial charge < -0.3 is 20.4 Å². The van der Waals surface area contributed by atoms with Crippen molar-refractivity contribution in [3.05, 3.63) is 46.5 Å². The molecule has 6 heterocycles. The van der Waals surface area contributed by atoms with Crippen LogP contribution in [0.3, 0.4) is 0 Å². The molecule has 11 nitrogen and oxygen atoms in total. The van der Waals surface area contributed by atoms with E-state index in [1.54, 1.807) is 18.7 Å². The Bertz CT molecular complexity index is 1610. The van der Waals surface area contributed by atoms with Crippen molar-refractivity contribution in [2.45, 2.75) is 70.5 Å². The molecule has 1 aromatic heterocycles. The number of benzene rings is 1. The topological polar surface area (TPSA) is 128 Å². The summed E-state index contributed by atoms with van der Waals surface area (Å²) in [6, 6.07) is 2.38. The van der Waals surface area contributed by atoms with E-state index in [0.29, 0.717) is 38.2 Å². The smallest absolute Gasteiger partial charge is 0.326 e. The molecule has 250 valence electrons. The van der Waals surface area contributed by atoms with E-state index in [1.165, 1.54) is 17.0 Å². The summed E-state index contributed by atoms with van der Waals surface area (Å²) in [4.78, 5) is 41.1. The first-order valence-electron chi connectivity index (χ1n) is 15.9. The number of amides is 3. The van der Waals surface area contributed by atoms with E-state index in [-0.39, 0.29) is 72.3 Å². The van der Waals surface area contributed by atoms with E-state index < -0.39 is 51.7 Å². The number of sulfone groups is 1. The van der Waals surface area contributed by atoms with Crippen LogP contribution in [0.15, 0.2) is 18.2 Å². The van der Waals surface area contributed by atoms with Crippen molar-refractivity contribution < 1.29 is 31.2 Å². The first-order chi connectivity index (χ1) is 21.8. The van der Waals surface area contributed by atoms with Gasteiger partial charge in [0.1, 0.15) is 39.7 Å². The molecule has 0 radical (unpaired) electrons. The van der Waals surface area contributed by atoms with Gasteiger partial charge in [0.2, 0.25) is 5.91 Å². The van der Waals surface area contributed by atoms with Crippen LogP contribution in [0, 0.1) is 18.7 Å². The molecule has 0 spiro atoms. The molecule has 3 amide bonds. The maximum atomic E-state index is 15.9. The molecular weight excluding hydrogens is 623 g/mol. The lowest BCUT2D eigenvalue weighted by molar-refractivity contribution is -0.119. The number of fused-ring (bicyclic) bond motifs is 8. The quantitative estimate of drug-likeness (QED) is 0.473. The predicted octanol–water partition coefficient (Wildman–Crippen LogP) is 3.74. The van der Waals surface area contributed by atoms with Crippen LogP contribution < -0.4 is 15.5 Å². The second-order valence-electron chi connectivity index (χ2n) is 13.0. The summed E-state index contributed by atoms with van der Waals surface area (Å²) in [5, 5.41) is 6.06. The number of anilines is 2. The molecule has 0 saturated carbocycles. The average molecular weight is 664 g/mol. The van der Waals surface area contributed by atoms with Crippen molar-refractivity contribution in [1.29, 1.82) is 0 Å². The number of nitrogens with zero attached hydrogens (tertiary/aromatic N) is 5. The zero-order chi connectivity index (χ0) is 32.8. The number of carbonyl (C=O) groups excluding carboxylic acids is 2. The SMILES string of the molecule is Cc1nc2c3c(n1)N(CC(=O)NCCCCN1CC(C1)CC(F)(F)c1cccc(c1F)[C@@H](C)N2)C(=O)N(C1CCS(=O)(=O)CC1)C3. The Hall–Kier alpha value is -3.46. The monoisotopic (exact) mass is 663 g/mol. The Morgan fingerprint density at radius 2 is 1.78 bits per heavy atom. The number of rotatable bonds is 1. The van der Waals surface area contributed by atoms with Crippen molar-refractivity contribution in [3.8, 4) is 0 Å². The van der Waals surface area contributed by atoms with Gasteiger partial charge in [-0.1, -0.05) is 18.2 Å². The van der Waals surface area contributed by atoms with E-state index in [2.05, 4.69) is 25.5 Å². The van der Waals surface area contributed by atoms with E-state index in [4.69, 9.17) is 0 Å². The predicted molar refractivity (Wildman–Crippen MR) is 166 cm³/mol. The minimum atomic E-state index is -3.35. The number of alkyl halides is 2. The number of urea groups is 1. The lowest BCUT2D eigenvalue weighted by Crippen LogP contribution is -2.55. The van der Waals surface area contributed by atoms with Crippen LogP contribution in [-0.4, -0.2) is 90.4 Å². The van der Waals surface area contributed by atoms with E-state index in [1.807, 2.05) is 0 Å². The molecule has 2 fully saturated rings. The van der Waals surface area contributed by atoms with Gasteiger partial charge >= 0.3 is 6.03 Å². The van der Waals surface area contributed by atoms with Crippen molar-refractivity contribution in [2.75, 3.05) is 54.4 Å². The second kappa shape index (κ2) is 12.6. The first-order valence-corrected chi connectivity index (χ1v) is 17.7. The van der Waals surface area contributed by atoms with Crippen molar-refractivity contribution >= 4 is 33.4 Å². The van der Waals surface area contributed by atoms with Gasteiger partial charge in [0.05, 0.1) is 35.2 Å². The summed E-state index contributed by atoms with van der Waals surface area (Å²) < 4.78 is 71.2. The number of hydrogen-bond donors (Lipinski definition) is 2. The number of halogens is 3. The highest BCUT2D eigenvalue weighted by atomic mass is 32.2. The lowest BCUT2D eigenvalue weighted by atomic mass is 9.88. The van der Waals surface area contributed by atoms with Gasteiger partial charge in [-0.25, -0.2) is 36.4 Å². The molecule has 5 aliphatic rings. The molecular formula is C31H40F3N7O4S. The Morgan fingerprint density at radius 1 is 1.04 bits per heavy atom. The van der Waals surface area contributed by atoms with Gasteiger partial charge in [0.25, 0.3) is 5.92 Å². The number of aryl methyl sites for hydroxylation is 1. The van der Waals surface area contributed by atoms with Crippen LogP contribution in [-0.2, 0) is 27.1 Å². The van der Waals surface area contributed by atoms with E-state index in [0.717, 1.165) is 12.5 Å². The molecule has 1 aromatic carbocycles. The van der Waals surface area contributed by atoms with Crippen molar-refractivity contribution in [1.82, 2.24) is 25.1 Å². The molecule has 15 heteroatoms. The van der Waals surface area contributed by atoms with Gasteiger partial charge in [-0.05, 0) is 52.0 Å². The standard InChI is InChI=1S/C31H40F3N7O4S/c1-19-23-6-5-7-25(27(23)32)31(33,34)14-21-15-39(16-21)11-4-3-10-35-26(42)18-41-29-24(28(36-19)37-20(2)38-29)17-40(30(41)43)22-8-12-46(44,45)13-9-22/h5-7,19,21-22H,3-4,8-18H2,1-2H3,(H,35,42)(H,36,37,38)/t19-/m1/s1. The lowest BCUT2D eigenvalue weighted by Gasteiger charge is -2.42. The summed E-state index contributed by atoms with van der Waals surface area (Å²) >= 11 is 0. The zero-order valence-corrected chi connectivity index (χ0v) is 26.9. The average Bonchev–Trinajstić information content (AvgIpc) is 2.96. The Balaban J connectivity index is 1.37. The summed E-state index contributed by atoms with van der Waals surface area (Å²) in [5.74, 6) is -4.27. The van der Waals surface area contributed by atoms with Crippen molar-refractivity contribution in [2.24, 2.45) is 5.92 Å². The number of carbonyl (C=O) groups is 2. The molecule has 1 atom stereocenters. The molecule has 2 aromatic rings.